The molecule has 0 aromatic carbocycles. The molecule has 2 rings (SSSR count). The second kappa shape index (κ2) is 3.28. The van der Waals surface area contributed by atoms with Gasteiger partial charge < -0.3 is 0 Å². The van der Waals surface area contributed by atoms with E-state index in [0.29, 0.717) is 6.04 Å². The molecule has 1 heterocycles. The summed E-state index contributed by atoms with van der Waals surface area (Å²) >= 11 is 0. The Morgan fingerprint density at radius 3 is 2.29 bits per heavy atom. The summed E-state index contributed by atoms with van der Waals surface area (Å²) in [5.74, 6) is 8.76. The molecule has 0 amide bonds. The summed E-state index contributed by atoms with van der Waals surface area (Å²) in [7, 11) is 0. The van der Waals surface area contributed by atoms with Crippen LogP contribution in [-0.2, 0) is 0 Å². The van der Waals surface area contributed by atoms with Gasteiger partial charge >= 0.3 is 0 Å². The van der Waals surface area contributed by atoms with Gasteiger partial charge in [0, 0.05) is 18.5 Å². The zero-order valence-electron chi connectivity index (χ0n) is 9.80. The van der Waals surface area contributed by atoms with Gasteiger partial charge in [-0.25, -0.2) is 0 Å². The fourth-order valence-corrected chi connectivity index (χ4v) is 2.16. The molecule has 1 saturated carbocycles. The van der Waals surface area contributed by atoms with E-state index in [4.69, 9.17) is 0 Å². The molecule has 0 N–H and O–H groups in total. The van der Waals surface area contributed by atoms with Crippen LogP contribution in [0.4, 0.5) is 0 Å². The third-order valence-electron chi connectivity index (χ3n) is 3.21. The molecule has 1 saturated heterocycles. The molecule has 0 radical (unpaired) electrons. The van der Waals surface area contributed by atoms with Crippen LogP contribution in [0.3, 0.4) is 0 Å². The molecule has 14 heavy (non-hydrogen) atoms. The summed E-state index contributed by atoms with van der Waals surface area (Å²) in [6.45, 7) is 11.4. The second-order valence-corrected chi connectivity index (χ2v) is 5.91. The Morgan fingerprint density at radius 1 is 1.21 bits per heavy atom. The van der Waals surface area contributed by atoms with Crippen molar-refractivity contribution in [2.24, 2.45) is 17.3 Å². The van der Waals surface area contributed by atoms with Crippen molar-refractivity contribution in [3.63, 3.8) is 0 Å². The van der Waals surface area contributed by atoms with E-state index >= 15 is 0 Å². The summed E-state index contributed by atoms with van der Waals surface area (Å²) in [5, 5.41) is 0. The zero-order chi connectivity index (χ0) is 10.3. The van der Waals surface area contributed by atoms with E-state index in [0.717, 1.165) is 11.8 Å². The van der Waals surface area contributed by atoms with Crippen molar-refractivity contribution < 1.29 is 0 Å². The SMILES string of the molecule is C[C@@H](C#CC(C)(C)C)N1CC2CC2C1. The molecule has 78 valence electrons. The third-order valence-corrected chi connectivity index (χ3v) is 3.21. The summed E-state index contributed by atoms with van der Waals surface area (Å²) in [5.41, 5.74) is 0.150. The third kappa shape index (κ3) is 2.30. The summed E-state index contributed by atoms with van der Waals surface area (Å²) in [6, 6.07) is 0.460. The molecule has 0 bridgehead atoms. The first-order valence-corrected chi connectivity index (χ1v) is 5.72. The zero-order valence-corrected chi connectivity index (χ0v) is 9.80. The van der Waals surface area contributed by atoms with Crippen LogP contribution < -0.4 is 0 Å². The lowest BCUT2D eigenvalue weighted by atomic mass is 9.97. The molecular weight excluding hydrogens is 170 g/mol. The van der Waals surface area contributed by atoms with E-state index in [1.165, 1.54) is 19.5 Å². The van der Waals surface area contributed by atoms with Gasteiger partial charge in [-0.2, -0.15) is 0 Å². The van der Waals surface area contributed by atoms with Crippen LogP contribution in [0, 0.1) is 29.1 Å². The van der Waals surface area contributed by atoms with Gasteiger partial charge in [0.15, 0.2) is 0 Å². The predicted molar refractivity (Wildman–Crippen MR) is 59.9 cm³/mol. The normalized spacial score (nSPS) is 33.1. The van der Waals surface area contributed by atoms with Gasteiger partial charge in [-0.15, -0.1) is 0 Å². The van der Waals surface area contributed by atoms with Crippen molar-refractivity contribution in [3.05, 3.63) is 0 Å². The van der Waals surface area contributed by atoms with Gasteiger partial charge in [0.05, 0.1) is 6.04 Å². The minimum absolute atomic E-state index is 0.150. The highest BCUT2D eigenvalue weighted by Gasteiger charge is 2.45. The Kier molecular flexibility index (Phi) is 2.35. The molecule has 0 aromatic heterocycles. The highest BCUT2D eigenvalue weighted by atomic mass is 15.2. The Bertz CT molecular complexity index is 266. The number of hydrogen-bond donors (Lipinski definition) is 0. The van der Waals surface area contributed by atoms with Gasteiger partial charge in [-0.05, 0) is 46.0 Å². The first-order valence-electron chi connectivity index (χ1n) is 5.72. The van der Waals surface area contributed by atoms with Crippen molar-refractivity contribution in [3.8, 4) is 11.8 Å². The number of piperidine rings is 1. The number of fused-ring (bicyclic) bond motifs is 1. The molecule has 2 unspecified atom stereocenters. The van der Waals surface area contributed by atoms with Gasteiger partial charge in [-0.3, -0.25) is 4.90 Å². The molecule has 0 spiro atoms. The fraction of sp³-hybridized carbons (Fsp3) is 0.846. The largest absolute Gasteiger partial charge is 0.289 e. The Hall–Kier alpha value is -0.480. The maximum Gasteiger partial charge on any atom is 0.0686 e. The first-order chi connectivity index (χ1) is 6.46. The quantitative estimate of drug-likeness (QED) is 0.575. The van der Waals surface area contributed by atoms with Crippen LogP contribution in [0.1, 0.15) is 34.1 Å². The molecule has 0 aromatic rings. The van der Waals surface area contributed by atoms with Crippen LogP contribution in [0.5, 0.6) is 0 Å². The topological polar surface area (TPSA) is 3.24 Å². The Balaban J connectivity index is 1.88. The van der Waals surface area contributed by atoms with Gasteiger partial charge in [-0.1, -0.05) is 11.8 Å². The summed E-state index contributed by atoms with van der Waals surface area (Å²) < 4.78 is 0. The predicted octanol–water partition coefficient (Wildman–Crippen LogP) is 2.38. The molecule has 3 atom stereocenters. The number of rotatable bonds is 1. The van der Waals surface area contributed by atoms with Crippen LogP contribution in [0.15, 0.2) is 0 Å². The minimum Gasteiger partial charge on any atom is -0.289 e. The molecule has 1 aliphatic heterocycles. The van der Waals surface area contributed by atoms with E-state index in [9.17, 15) is 0 Å². The van der Waals surface area contributed by atoms with Crippen LogP contribution >= 0.6 is 0 Å². The number of nitrogens with zero attached hydrogens (tertiary/aromatic N) is 1. The van der Waals surface area contributed by atoms with Gasteiger partial charge in [0.25, 0.3) is 0 Å². The van der Waals surface area contributed by atoms with E-state index in [1.807, 2.05) is 0 Å². The maximum atomic E-state index is 3.38. The number of likely N-dealkylation sites (tertiary alicyclic amines) is 1. The average molecular weight is 191 g/mol. The van der Waals surface area contributed by atoms with Crippen LogP contribution in [-0.4, -0.2) is 24.0 Å². The smallest absolute Gasteiger partial charge is 0.0686 e. The second-order valence-electron chi connectivity index (χ2n) is 5.91. The lowest BCUT2D eigenvalue weighted by Gasteiger charge is -2.21. The first kappa shape index (κ1) is 10.1. The lowest BCUT2D eigenvalue weighted by molar-refractivity contribution is 0.276. The van der Waals surface area contributed by atoms with E-state index < -0.39 is 0 Å². The van der Waals surface area contributed by atoms with E-state index in [1.54, 1.807) is 0 Å². The van der Waals surface area contributed by atoms with Crippen molar-refractivity contribution in [1.29, 1.82) is 0 Å². The van der Waals surface area contributed by atoms with Gasteiger partial charge in [0.2, 0.25) is 0 Å². The molecule has 1 nitrogen and oxygen atoms in total. The Morgan fingerprint density at radius 2 is 1.79 bits per heavy atom. The molecule has 1 heteroatoms. The van der Waals surface area contributed by atoms with Crippen LogP contribution in [0.2, 0.25) is 0 Å². The highest BCUT2D eigenvalue weighted by Crippen LogP contribution is 2.45. The standard InChI is InChI=1S/C13H21N/c1-10(5-6-13(2,3)4)14-8-11-7-12(11)9-14/h10-12H,7-9H2,1-4H3/t10-,11?,12?/m0/s1. The monoisotopic (exact) mass is 191 g/mol. The van der Waals surface area contributed by atoms with Crippen molar-refractivity contribution in [1.82, 2.24) is 4.90 Å². The maximum absolute atomic E-state index is 3.38. The number of hydrogen-bond acceptors (Lipinski definition) is 1. The lowest BCUT2D eigenvalue weighted by Crippen LogP contribution is -2.31. The Labute approximate surface area is 87.9 Å². The van der Waals surface area contributed by atoms with Gasteiger partial charge in [0.1, 0.15) is 0 Å². The summed E-state index contributed by atoms with van der Waals surface area (Å²) in [6.07, 6.45) is 1.48. The molecular formula is C13H21N. The molecule has 2 fully saturated rings. The van der Waals surface area contributed by atoms with Crippen molar-refractivity contribution in [2.75, 3.05) is 13.1 Å². The highest BCUT2D eigenvalue weighted by molar-refractivity contribution is 5.14. The van der Waals surface area contributed by atoms with Crippen molar-refractivity contribution in [2.45, 2.75) is 40.2 Å². The fourth-order valence-electron chi connectivity index (χ4n) is 2.16. The molecule has 2 aliphatic rings. The average Bonchev–Trinajstić information content (AvgIpc) is 2.68. The van der Waals surface area contributed by atoms with E-state index in [2.05, 4.69) is 44.4 Å². The van der Waals surface area contributed by atoms with Crippen LogP contribution in [0.25, 0.3) is 0 Å². The summed E-state index contributed by atoms with van der Waals surface area (Å²) in [4.78, 5) is 2.54. The minimum atomic E-state index is 0.150. The van der Waals surface area contributed by atoms with E-state index in [-0.39, 0.29) is 5.41 Å². The molecule has 1 aliphatic carbocycles. The van der Waals surface area contributed by atoms with Crippen molar-refractivity contribution >= 4 is 0 Å².